The van der Waals surface area contributed by atoms with Gasteiger partial charge in [-0.1, -0.05) is 0 Å². The van der Waals surface area contributed by atoms with E-state index in [1.165, 1.54) is 0 Å². The largest absolute Gasteiger partial charge is 0.376 e. The first-order valence-corrected chi connectivity index (χ1v) is 6.08. The highest BCUT2D eigenvalue weighted by molar-refractivity contribution is 4.83. The van der Waals surface area contributed by atoms with E-state index in [1.807, 2.05) is 0 Å². The average Bonchev–Trinajstić information content (AvgIpc) is 2.43. The first-order chi connectivity index (χ1) is 7.09. The van der Waals surface area contributed by atoms with Gasteiger partial charge >= 0.3 is 0 Å². The molecular weight excluding hydrogens is 190 g/mol. The van der Waals surface area contributed by atoms with Crippen molar-refractivity contribution in [1.29, 1.82) is 0 Å². The molecule has 3 heteroatoms. The lowest BCUT2D eigenvalue weighted by Crippen LogP contribution is -2.37. The molecule has 1 unspecified atom stereocenters. The van der Waals surface area contributed by atoms with Crippen molar-refractivity contribution in [2.45, 2.75) is 57.3 Å². The minimum Gasteiger partial charge on any atom is -0.376 e. The van der Waals surface area contributed by atoms with Crippen LogP contribution in [-0.2, 0) is 9.47 Å². The summed E-state index contributed by atoms with van der Waals surface area (Å²) in [7, 11) is 0. The third kappa shape index (κ3) is 2.92. The number of ether oxygens (including phenoxy) is 2. The molecule has 1 saturated carbocycles. The van der Waals surface area contributed by atoms with Gasteiger partial charge in [0.05, 0.1) is 24.4 Å². The van der Waals surface area contributed by atoms with Gasteiger partial charge in [0.15, 0.2) is 0 Å². The van der Waals surface area contributed by atoms with E-state index in [9.17, 15) is 0 Å². The van der Waals surface area contributed by atoms with Crippen LogP contribution in [0.2, 0.25) is 0 Å². The zero-order chi connectivity index (χ0) is 10.9. The predicted octanol–water partition coefficient (Wildman–Crippen LogP) is 1.70. The third-order valence-corrected chi connectivity index (χ3v) is 3.60. The number of nitrogens with two attached hydrogens (primary N) is 1. The van der Waals surface area contributed by atoms with E-state index >= 15 is 0 Å². The molecule has 0 amide bonds. The summed E-state index contributed by atoms with van der Waals surface area (Å²) in [6.07, 6.45) is 5.35. The molecule has 3 nitrogen and oxygen atoms in total. The molecular formula is C12H23NO2. The maximum Gasteiger partial charge on any atom is 0.0816 e. The molecule has 1 atom stereocenters. The Morgan fingerprint density at radius 3 is 2.67 bits per heavy atom. The van der Waals surface area contributed by atoms with Crippen LogP contribution in [0.15, 0.2) is 0 Å². The molecule has 2 aliphatic rings. The third-order valence-electron chi connectivity index (χ3n) is 3.60. The molecule has 2 fully saturated rings. The van der Waals surface area contributed by atoms with E-state index in [-0.39, 0.29) is 5.60 Å². The van der Waals surface area contributed by atoms with Crippen LogP contribution >= 0.6 is 0 Å². The first kappa shape index (κ1) is 11.4. The predicted molar refractivity (Wildman–Crippen MR) is 59.7 cm³/mol. The van der Waals surface area contributed by atoms with Gasteiger partial charge in [0.1, 0.15) is 0 Å². The van der Waals surface area contributed by atoms with E-state index in [4.69, 9.17) is 15.2 Å². The van der Waals surface area contributed by atoms with Crippen LogP contribution in [-0.4, -0.2) is 31.0 Å². The summed E-state index contributed by atoms with van der Waals surface area (Å²) < 4.78 is 11.7. The van der Waals surface area contributed by atoms with Crippen molar-refractivity contribution in [1.82, 2.24) is 0 Å². The van der Waals surface area contributed by atoms with Crippen LogP contribution in [0.4, 0.5) is 0 Å². The van der Waals surface area contributed by atoms with E-state index in [2.05, 4.69) is 13.8 Å². The van der Waals surface area contributed by atoms with Gasteiger partial charge in [-0.2, -0.15) is 0 Å². The van der Waals surface area contributed by atoms with E-state index in [1.54, 1.807) is 0 Å². The van der Waals surface area contributed by atoms with Crippen LogP contribution in [0.3, 0.4) is 0 Å². The fourth-order valence-electron chi connectivity index (χ4n) is 2.44. The van der Waals surface area contributed by atoms with Gasteiger partial charge in [0.2, 0.25) is 0 Å². The van der Waals surface area contributed by atoms with Gasteiger partial charge in [-0.3, -0.25) is 0 Å². The fourth-order valence-corrected chi connectivity index (χ4v) is 2.44. The molecule has 0 bridgehead atoms. The highest BCUT2D eigenvalue weighted by atomic mass is 16.6. The van der Waals surface area contributed by atoms with Gasteiger partial charge < -0.3 is 15.2 Å². The molecule has 0 aromatic rings. The lowest BCUT2D eigenvalue weighted by molar-refractivity contribution is -0.0951. The van der Waals surface area contributed by atoms with E-state index in [0.717, 1.165) is 38.8 Å². The van der Waals surface area contributed by atoms with Crippen LogP contribution in [0, 0.1) is 5.92 Å². The topological polar surface area (TPSA) is 44.5 Å². The van der Waals surface area contributed by atoms with Gasteiger partial charge in [-0.05, 0) is 52.0 Å². The second kappa shape index (κ2) is 4.40. The SMILES string of the molecule is CC1(C)CCC(COC2CC(CN)C2)O1. The lowest BCUT2D eigenvalue weighted by atomic mass is 9.82. The van der Waals surface area contributed by atoms with Crippen molar-refractivity contribution in [3.63, 3.8) is 0 Å². The quantitative estimate of drug-likeness (QED) is 0.773. The Morgan fingerprint density at radius 1 is 1.40 bits per heavy atom. The van der Waals surface area contributed by atoms with Crippen molar-refractivity contribution in [2.75, 3.05) is 13.2 Å². The highest BCUT2D eigenvalue weighted by Gasteiger charge is 2.34. The molecule has 0 radical (unpaired) electrons. The van der Waals surface area contributed by atoms with Crippen molar-refractivity contribution < 1.29 is 9.47 Å². The Balaban J connectivity index is 1.60. The van der Waals surface area contributed by atoms with Crippen molar-refractivity contribution in [3.8, 4) is 0 Å². The molecule has 0 spiro atoms. The average molecular weight is 213 g/mol. The second-order valence-electron chi connectivity index (χ2n) is 5.57. The molecule has 1 aliphatic carbocycles. The van der Waals surface area contributed by atoms with E-state index in [0.29, 0.717) is 18.1 Å². The summed E-state index contributed by atoms with van der Waals surface area (Å²) in [4.78, 5) is 0. The summed E-state index contributed by atoms with van der Waals surface area (Å²) in [5.41, 5.74) is 5.63. The summed E-state index contributed by atoms with van der Waals surface area (Å²) in [6.45, 7) is 5.89. The van der Waals surface area contributed by atoms with Crippen molar-refractivity contribution in [3.05, 3.63) is 0 Å². The molecule has 1 saturated heterocycles. The summed E-state index contributed by atoms with van der Waals surface area (Å²) in [6, 6.07) is 0. The molecule has 1 aliphatic heterocycles. The van der Waals surface area contributed by atoms with Gasteiger partial charge in [-0.15, -0.1) is 0 Å². The van der Waals surface area contributed by atoms with Gasteiger partial charge in [0.25, 0.3) is 0 Å². The maximum atomic E-state index is 5.87. The number of hydrogen-bond acceptors (Lipinski definition) is 3. The van der Waals surface area contributed by atoms with Crippen LogP contribution in [0.25, 0.3) is 0 Å². The highest BCUT2D eigenvalue weighted by Crippen LogP contribution is 2.32. The molecule has 2 N–H and O–H groups in total. The monoisotopic (exact) mass is 213 g/mol. The second-order valence-corrected chi connectivity index (χ2v) is 5.57. The zero-order valence-corrected chi connectivity index (χ0v) is 9.87. The van der Waals surface area contributed by atoms with Crippen LogP contribution < -0.4 is 5.73 Å². The molecule has 0 aromatic heterocycles. The maximum absolute atomic E-state index is 5.87. The Bertz CT molecular complexity index is 212. The van der Waals surface area contributed by atoms with Gasteiger partial charge in [0, 0.05) is 0 Å². The van der Waals surface area contributed by atoms with E-state index < -0.39 is 0 Å². The van der Waals surface area contributed by atoms with Crippen LogP contribution in [0.1, 0.15) is 39.5 Å². The zero-order valence-electron chi connectivity index (χ0n) is 9.87. The molecule has 1 heterocycles. The molecule has 0 aromatic carbocycles. The minimum absolute atomic E-state index is 0.0629. The normalized spacial score (nSPS) is 39.0. The van der Waals surface area contributed by atoms with Crippen molar-refractivity contribution >= 4 is 0 Å². The standard InChI is InChI=1S/C12H23NO2/c1-12(2)4-3-10(15-12)8-14-11-5-9(6-11)7-13/h9-11H,3-8,13H2,1-2H3. The summed E-state index contributed by atoms with van der Waals surface area (Å²) in [5, 5.41) is 0. The summed E-state index contributed by atoms with van der Waals surface area (Å²) in [5.74, 6) is 0.705. The fraction of sp³-hybridized carbons (Fsp3) is 1.00. The Kier molecular flexibility index (Phi) is 3.33. The lowest BCUT2D eigenvalue weighted by Gasteiger charge is -2.35. The first-order valence-electron chi connectivity index (χ1n) is 6.08. The van der Waals surface area contributed by atoms with Gasteiger partial charge in [-0.25, -0.2) is 0 Å². The molecule has 88 valence electrons. The van der Waals surface area contributed by atoms with Crippen molar-refractivity contribution in [2.24, 2.45) is 11.7 Å². The molecule has 2 rings (SSSR count). The molecule has 15 heavy (non-hydrogen) atoms. The Hall–Kier alpha value is -0.120. The number of rotatable bonds is 4. The van der Waals surface area contributed by atoms with Crippen LogP contribution in [0.5, 0.6) is 0 Å². The summed E-state index contributed by atoms with van der Waals surface area (Å²) >= 11 is 0. The smallest absolute Gasteiger partial charge is 0.0816 e. The number of hydrogen-bond donors (Lipinski definition) is 1. The Labute approximate surface area is 92.3 Å². The Morgan fingerprint density at radius 2 is 2.13 bits per heavy atom. The minimum atomic E-state index is 0.0629.